The maximum Gasteiger partial charge on any atom is 0.416 e. The molecule has 1 heterocycles. The molecule has 0 spiro atoms. The van der Waals surface area contributed by atoms with E-state index in [1.165, 1.54) is 13.1 Å². The molecular weight excluding hydrogens is 490 g/mol. The monoisotopic (exact) mass is 512 g/mol. The largest absolute Gasteiger partial charge is 0.463 e. The number of hydrogen-bond acceptors (Lipinski definition) is 3. The fraction of sp³-hybridized carbons (Fsp3) is 0.280. The lowest BCUT2D eigenvalue weighted by Gasteiger charge is -2.26. The van der Waals surface area contributed by atoms with E-state index in [1.807, 2.05) is 18.2 Å². The maximum absolute atomic E-state index is 13.3. The van der Waals surface area contributed by atoms with Gasteiger partial charge in [0.25, 0.3) is 5.91 Å². The van der Waals surface area contributed by atoms with Gasteiger partial charge in [-0.25, -0.2) is 4.79 Å². The Labute approximate surface area is 202 Å². The van der Waals surface area contributed by atoms with Gasteiger partial charge in [0.1, 0.15) is 0 Å². The van der Waals surface area contributed by atoms with Crippen LogP contribution in [0.4, 0.5) is 26.3 Å². The average molecular weight is 512 g/mol. The Morgan fingerprint density at radius 3 is 2.22 bits per heavy atom. The number of fused-ring (bicyclic) bond motifs is 1. The van der Waals surface area contributed by atoms with Crippen molar-refractivity contribution in [2.75, 3.05) is 13.7 Å². The SMILES string of the molecule is CCOC(=O)C=CC(Cc1c[nH]c2ccccc12)N(C)C(=O)c1cc(C(F)(F)F)cc(C(F)(F)F)c1. The van der Waals surface area contributed by atoms with Crippen molar-refractivity contribution in [3.05, 3.63) is 83.1 Å². The van der Waals surface area contributed by atoms with Crippen molar-refractivity contribution >= 4 is 22.8 Å². The number of para-hydroxylation sites is 1. The molecule has 36 heavy (non-hydrogen) atoms. The van der Waals surface area contributed by atoms with Gasteiger partial charge in [-0.3, -0.25) is 4.79 Å². The van der Waals surface area contributed by atoms with E-state index in [1.54, 1.807) is 19.2 Å². The number of aromatic nitrogens is 1. The zero-order chi connectivity index (χ0) is 26.7. The lowest BCUT2D eigenvalue weighted by atomic mass is 10.0. The first-order valence-corrected chi connectivity index (χ1v) is 10.8. The number of likely N-dealkylation sites (N-methyl/N-ethyl adjacent to an activating group) is 1. The highest BCUT2D eigenvalue weighted by atomic mass is 19.4. The second kappa shape index (κ2) is 10.5. The molecule has 0 aliphatic rings. The molecule has 3 rings (SSSR count). The van der Waals surface area contributed by atoms with Crippen LogP contribution in [0.15, 0.2) is 60.8 Å². The Bertz CT molecular complexity index is 1240. The molecule has 1 atom stereocenters. The number of H-pyrrole nitrogens is 1. The highest BCUT2D eigenvalue weighted by Crippen LogP contribution is 2.36. The van der Waals surface area contributed by atoms with Gasteiger partial charge in [-0.1, -0.05) is 24.3 Å². The molecular formula is C25H22F6N2O3. The summed E-state index contributed by atoms with van der Waals surface area (Å²) in [4.78, 5) is 29.1. The summed E-state index contributed by atoms with van der Waals surface area (Å²) in [6, 6.07) is 7.06. The number of aromatic amines is 1. The van der Waals surface area contributed by atoms with E-state index in [-0.39, 0.29) is 19.1 Å². The van der Waals surface area contributed by atoms with E-state index in [0.29, 0.717) is 12.1 Å². The summed E-state index contributed by atoms with van der Waals surface area (Å²) in [6.45, 7) is 1.69. The van der Waals surface area contributed by atoms with Crippen LogP contribution in [0, 0.1) is 0 Å². The summed E-state index contributed by atoms with van der Waals surface area (Å²) < 4.78 is 84.5. The second-order valence-corrected chi connectivity index (χ2v) is 7.95. The Balaban J connectivity index is 2.01. The number of rotatable bonds is 7. The summed E-state index contributed by atoms with van der Waals surface area (Å²) in [6.07, 6.45) is -5.99. The van der Waals surface area contributed by atoms with Crippen molar-refractivity contribution in [3.8, 4) is 0 Å². The first-order valence-electron chi connectivity index (χ1n) is 10.8. The summed E-state index contributed by atoms with van der Waals surface area (Å²) in [7, 11) is 1.24. The minimum absolute atomic E-state index is 0.0408. The third-order valence-corrected chi connectivity index (χ3v) is 5.50. The molecule has 11 heteroatoms. The van der Waals surface area contributed by atoms with Gasteiger partial charge in [-0.15, -0.1) is 0 Å². The number of halogens is 6. The van der Waals surface area contributed by atoms with Gasteiger partial charge in [0.05, 0.1) is 23.8 Å². The lowest BCUT2D eigenvalue weighted by Crippen LogP contribution is -2.37. The topological polar surface area (TPSA) is 62.4 Å². The van der Waals surface area contributed by atoms with Gasteiger partial charge in [0.2, 0.25) is 0 Å². The van der Waals surface area contributed by atoms with Crippen LogP contribution in [0.25, 0.3) is 10.9 Å². The predicted octanol–water partition coefficient (Wildman–Crippen LogP) is 6.01. The number of hydrogen-bond donors (Lipinski definition) is 1. The first kappa shape index (κ1) is 26.8. The number of nitrogens with one attached hydrogen (secondary N) is 1. The van der Waals surface area contributed by atoms with Crippen molar-refractivity contribution in [2.45, 2.75) is 31.7 Å². The average Bonchev–Trinajstić information content (AvgIpc) is 3.22. The smallest absolute Gasteiger partial charge is 0.416 e. The van der Waals surface area contributed by atoms with Crippen LogP contribution in [0.5, 0.6) is 0 Å². The van der Waals surface area contributed by atoms with Crippen molar-refractivity contribution in [1.82, 2.24) is 9.88 Å². The summed E-state index contributed by atoms with van der Waals surface area (Å²) in [5.41, 5.74) is -2.45. The van der Waals surface area contributed by atoms with Crippen molar-refractivity contribution in [3.63, 3.8) is 0 Å². The number of benzene rings is 2. The standard InChI is InChI=1S/C25H22F6N2O3/c1-3-36-22(34)9-8-19(12-16-14-32-21-7-5-4-6-20(16)21)33(2)23(35)15-10-17(24(26,27)28)13-18(11-15)25(29,30)31/h4-11,13-14,19,32H,3,12H2,1-2H3. The first-order chi connectivity index (χ1) is 16.8. The van der Waals surface area contributed by atoms with E-state index in [0.717, 1.165) is 27.4 Å². The third kappa shape index (κ3) is 6.27. The Kier molecular flexibility index (Phi) is 7.80. The lowest BCUT2D eigenvalue weighted by molar-refractivity contribution is -0.143. The molecule has 0 radical (unpaired) electrons. The minimum atomic E-state index is -5.10. The molecule has 0 saturated heterocycles. The number of amides is 1. The van der Waals surface area contributed by atoms with Crippen molar-refractivity contribution < 1.29 is 40.7 Å². The highest BCUT2D eigenvalue weighted by molar-refractivity contribution is 5.95. The molecule has 5 nitrogen and oxygen atoms in total. The van der Waals surface area contributed by atoms with Crippen LogP contribution in [-0.4, -0.2) is 41.5 Å². The number of carbonyl (C=O) groups is 2. The predicted molar refractivity (Wildman–Crippen MR) is 120 cm³/mol. The Hall–Kier alpha value is -3.76. The van der Waals surface area contributed by atoms with Crippen LogP contribution < -0.4 is 0 Å². The van der Waals surface area contributed by atoms with Crippen molar-refractivity contribution in [2.24, 2.45) is 0 Å². The summed E-state index contributed by atoms with van der Waals surface area (Å²) in [5.74, 6) is -1.79. The number of alkyl halides is 6. The molecule has 0 saturated carbocycles. The number of carbonyl (C=O) groups excluding carboxylic acids is 2. The van der Waals surface area contributed by atoms with Crippen LogP contribution in [0.2, 0.25) is 0 Å². The molecule has 0 aliphatic carbocycles. The van der Waals surface area contributed by atoms with Crippen LogP contribution in [0.1, 0.15) is 34.0 Å². The van der Waals surface area contributed by atoms with Crippen LogP contribution >= 0.6 is 0 Å². The fourth-order valence-corrected chi connectivity index (χ4v) is 3.67. The normalized spacial score (nSPS) is 13.2. The van der Waals surface area contributed by atoms with Crippen LogP contribution in [-0.2, 0) is 28.3 Å². The van der Waals surface area contributed by atoms with Crippen LogP contribution in [0.3, 0.4) is 0 Å². The molecule has 0 bridgehead atoms. The van der Waals surface area contributed by atoms with Crippen molar-refractivity contribution in [1.29, 1.82) is 0 Å². The highest BCUT2D eigenvalue weighted by Gasteiger charge is 2.38. The molecule has 0 aliphatic heterocycles. The summed E-state index contributed by atoms with van der Waals surface area (Å²) in [5, 5.41) is 0.811. The minimum Gasteiger partial charge on any atom is -0.463 e. The zero-order valence-corrected chi connectivity index (χ0v) is 19.2. The number of ether oxygens (including phenoxy) is 1. The third-order valence-electron chi connectivity index (χ3n) is 5.50. The second-order valence-electron chi connectivity index (χ2n) is 7.95. The molecule has 1 amide bonds. The van der Waals surface area contributed by atoms with E-state index >= 15 is 0 Å². The molecule has 3 aromatic rings. The molecule has 1 aromatic heterocycles. The Morgan fingerprint density at radius 1 is 1.03 bits per heavy atom. The fourth-order valence-electron chi connectivity index (χ4n) is 3.67. The molecule has 1 N–H and O–H groups in total. The number of nitrogens with zero attached hydrogens (tertiary/aromatic N) is 1. The van der Waals surface area contributed by atoms with Gasteiger partial charge in [-0.05, 0) is 43.2 Å². The Morgan fingerprint density at radius 2 is 1.64 bits per heavy atom. The number of esters is 1. The van der Waals surface area contributed by atoms with Gasteiger partial charge < -0.3 is 14.6 Å². The molecule has 192 valence electrons. The quantitative estimate of drug-likeness (QED) is 0.240. The van der Waals surface area contributed by atoms with Gasteiger partial charge in [-0.2, -0.15) is 26.3 Å². The molecule has 1 unspecified atom stereocenters. The van der Waals surface area contributed by atoms with Gasteiger partial charge in [0, 0.05) is 35.8 Å². The van der Waals surface area contributed by atoms with E-state index in [2.05, 4.69) is 4.98 Å². The van der Waals surface area contributed by atoms with E-state index in [9.17, 15) is 35.9 Å². The molecule has 0 fully saturated rings. The van der Waals surface area contributed by atoms with Gasteiger partial charge >= 0.3 is 18.3 Å². The van der Waals surface area contributed by atoms with Gasteiger partial charge in [0.15, 0.2) is 0 Å². The maximum atomic E-state index is 13.3. The zero-order valence-electron chi connectivity index (χ0n) is 19.2. The van der Waals surface area contributed by atoms with E-state index in [4.69, 9.17) is 4.74 Å². The van der Waals surface area contributed by atoms with E-state index < -0.39 is 47.0 Å². The molecule has 2 aromatic carbocycles. The summed E-state index contributed by atoms with van der Waals surface area (Å²) >= 11 is 0.